The van der Waals surface area contributed by atoms with Crippen LogP contribution in [0.3, 0.4) is 0 Å². The van der Waals surface area contributed by atoms with Crippen molar-refractivity contribution in [2.75, 3.05) is 0 Å². The number of aromatic nitrogens is 3. The van der Waals surface area contributed by atoms with Gasteiger partial charge < -0.3 is 0 Å². The van der Waals surface area contributed by atoms with Crippen LogP contribution >= 0.6 is 22.9 Å². The number of nitriles is 1. The highest BCUT2D eigenvalue weighted by atomic mass is 35.5. The molecule has 0 aromatic carbocycles. The Morgan fingerprint density at radius 1 is 1.56 bits per heavy atom. The van der Waals surface area contributed by atoms with Crippen molar-refractivity contribution in [1.29, 1.82) is 5.26 Å². The van der Waals surface area contributed by atoms with Gasteiger partial charge in [-0.15, -0.1) is 11.3 Å². The summed E-state index contributed by atoms with van der Waals surface area (Å²) in [5.41, 5.74) is -0.936. The van der Waals surface area contributed by atoms with Gasteiger partial charge in [-0.3, -0.25) is 0 Å². The molecule has 16 heavy (non-hydrogen) atoms. The molecular weight excluding hydrogens is 258 g/mol. The lowest BCUT2D eigenvalue weighted by atomic mass is 10.3. The smallest absolute Gasteiger partial charge is 0.227 e. The van der Waals surface area contributed by atoms with Crippen LogP contribution in [0.4, 0.5) is 8.78 Å². The van der Waals surface area contributed by atoms with Gasteiger partial charge in [-0.05, 0) is 0 Å². The van der Waals surface area contributed by atoms with E-state index in [-0.39, 0.29) is 10.7 Å². The summed E-state index contributed by atoms with van der Waals surface area (Å²) in [6, 6.07) is 1.61. The highest BCUT2D eigenvalue weighted by Crippen LogP contribution is 2.29. The summed E-state index contributed by atoms with van der Waals surface area (Å²) in [5.74, 6) is 0. The number of rotatable bonds is 2. The molecule has 0 saturated heterocycles. The quantitative estimate of drug-likeness (QED) is 0.834. The van der Waals surface area contributed by atoms with E-state index >= 15 is 0 Å². The van der Waals surface area contributed by atoms with Crippen LogP contribution in [0.25, 0.3) is 5.13 Å². The molecule has 0 spiro atoms. The average molecular weight is 261 g/mol. The van der Waals surface area contributed by atoms with Gasteiger partial charge in [0, 0.05) is 11.6 Å². The van der Waals surface area contributed by atoms with Gasteiger partial charge in [0.05, 0.1) is 0 Å². The van der Waals surface area contributed by atoms with E-state index in [0.29, 0.717) is 5.13 Å². The van der Waals surface area contributed by atoms with E-state index in [4.69, 9.17) is 16.9 Å². The molecule has 2 aromatic heterocycles. The molecule has 2 heterocycles. The number of hydrogen-bond acceptors (Lipinski definition) is 4. The molecule has 0 aliphatic rings. The maximum atomic E-state index is 12.5. The lowest BCUT2D eigenvalue weighted by molar-refractivity contribution is 0.145. The number of alkyl halides is 2. The minimum Gasteiger partial charge on any atom is -0.227 e. The molecule has 2 aromatic rings. The van der Waals surface area contributed by atoms with Gasteiger partial charge in [-0.1, -0.05) is 11.6 Å². The minimum atomic E-state index is -2.84. The van der Waals surface area contributed by atoms with Crippen molar-refractivity contribution in [1.82, 2.24) is 14.8 Å². The lowest BCUT2D eigenvalue weighted by Gasteiger charge is -1.95. The number of nitrogens with zero attached hydrogens (tertiary/aromatic N) is 4. The van der Waals surface area contributed by atoms with E-state index in [1.807, 2.05) is 0 Å². The number of halogens is 3. The first kappa shape index (κ1) is 11.0. The fraction of sp³-hybridized carbons (Fsp3) is 0.125. The first-order chi connectivity index (χ1) is 7.65. The zero-order valence-corrected chi connectivity index (χ0v) is 9.14. The van der Waals surface area contributed by atoms with Crippen molar-refractivity contribution in [2.24, 2.45) is 0 Å². The van der Waals surface area contributed by atoms with Crippen molar-refractivity contribution in [2.45, 2.75) is 6.43 Å². The zero-order chi connectivity index (χ0) is 11.7. The second-order valence-electron chi connectivity index (χ2n) is 2.69. The maximum Gasteiger partial charge on any atom is 0.283 e. The standard InChI is InChI=1S/C8H3ClF2N4S/c9-6-4(3-12)5(7(10)11)14-15(6)8-13-1-2-16-8/h1-2,7H. The molecule has 4 nitrogen and oxygen atoms in total. The molecule has 2 rings (SSSR count). The lowest BCUT2D eigenvalue weighted by Crippen LogP contribution is -1.96. The Kier molecular flexibility index (Phi) is 2.85. The fourth-order valence-electron chi connectivity index (χ4n) is 1.12. The molecule has 82 valence electrons. The first-order valence-corrected chi connectivity index (χ1v) is 5.27. The van der Waals surface area contributed by atoms with Crippen molar-refractivity contribution < 1.29 is 8.78 Å². The van der Waals surface area contributed by atoms with Crippen molar-refractivity contribution in [3.05, 3.63) is 28.0 Å². The summed E-state index contributed by atoms with van der Waals surface area (Å²) in [6.45, 7) is 0. The highest BCUT2D eigenvalue weighted by molar-refractivity contribution is 7.12. The molecule has 0 aliphatic carbocycles. The third-order valence-electron chi connectivity index (χ3n) is 1.78. The van der Waals surface area contributed by atoms with Crippen molar-refractivity contribution in [3.8, 4) is 11.2 Å². The predicted molar refractivity (Wildman–Crippen MR) is 53.9 cm³/mol. The topological polar surface area (TPSA) is 54.5 Å². The summed E-state index contributed by atoms with van der Waals surface area (Å²) >= 11 is 6.96. The molecule has 0 fully saturated rings. The molecule has 0 saturated carbocycles. The summed E-state index contributed by atoms with van der Waals surface area (Å²) in [4.78, 5) is 3.88. The summed E-state index contributed by atoms with van der Waals surface area (Å²) in [6.07, 6.45) is -1.35. The molecule has 0 aliphatic heterocycles. The molecule has 0 unspecified atom stereocenters. The van der Waals surface area contributed by atoms with Crippen LogP contribution in [-0.2, 0) is 0 Å². The Morgan fingerprint density at radius 3 is 2.75 bits per heavy atom. The van der Waals surface area contributed by atoms with E-state index in [9.17, 15) is 8.78 Å². The Balaban J connectivity index is 2.62. The second-order valence-corrected chi connectivity index (χ2v) is 3.92. The van der Waals surface area contributed by atoms with Gasteiger partial charge in [0.1, 0.15) is 17.3 Å². The van der Waals surface area contributed by atoms with Crippen LogP contribution in [0.1, 0.15) is 17.7 Å². The second kappa shape index (κ2) is 4.15. The predicted octanol–water partition coefficient (Wildman–Crippen LogP) is 2.79. The fourth-order valence-corrected chi connectivity index (χ4v) is 2.02. The third kappa shape index (κ3) is 1.66. The van der Waals surface area contributed by atoms with Gasteiger partial charge >= 0.3 is 0 Å². The van der Waals surface area contributed by atoms with Gasteiger partial charge in [0.25, 0.3) is 6.43 Å². The normalized spacial score (nSPS) is 10.7. The van der Waals surface area contributed by atoms with Crippen molar-refractivity contribution >= 4 is 22.9 Å². The summed E-state index contributed by atoms with van der Waals surface area (Å²) in [5, 5.41) is 14.2. The SMILES string of the molecule is N#Cc1c(C(F)F)nn(-c2nccs2)c1Cl. The molecule has 0 atom stereocenters. The molecule has 0 amide bonds. The van der Waals surface area contributed by atoms with Crippen LogP contribution in [0.5, 0.6) is 0 Å². The molecular formula is C8H3ClF2N4S. The van der Waals surface area contributed by atoms with E-state index in [1.54, 1.807) is 11.4 Å². The largest absolute Gasteiger partial charge is 0.283 e. The van der Waals surface area contributed by atoms with Crippen molar-refractivity contribution in [3.63, 3.8) is 0 Å². The monoisotopic (exact) mass is 260 g/mol. The molecule has 8 heteroatoms. The van der Waals surface area contributed by atoms with Crippen LogP contribution in [0, 0.1) is 11.3 Å². The van der Waals surface area contributed by atoms with Crippen LogP contribution in [0.2, 0.25) is 5.15 Å². The Hall–Kier alpha value is -1.52. The first-order valence-electron chi connectivity index (χ1n) is 4.01. The van der Waals surface area contributed by atoms with Gasteiger partial charge in [-0.25, -0.2) is 13.8 Å². The molecule has 0 bridgehead atoms. The van der Waals surface area contributed by atoms with Crippen LogP contribution in [-0.4, -0.2) is 14.8 Å². The Labute approximate surface area is 97.7 Å². The Bertz CT molecular complexity index is 543. The van der Waals surface area contributed by atoms with E-state index in [2.05, 4.69) is 10.1 Å². The molecule has 0 N–H and O–H groups in total. The summed E-state index contributed by atoms with van der Waals surface area (Å²) in [7, 11) is 0. The van der Waals surface area contributed by atoms with Crippen LogP contribution < -0.4 is 0 Å². The molecule has 0 radical (unpaired) electrons. The summed E-state index contributed by atoms with van der Waals surface area (Å²) < 4.78 is 26.1. The zero-order valence-electron chi connectivity index (χ0n) is 7.56. The number of hydrogen-bond donors (Lipinski definition) is 0. The van der Waals surface area contributed by atoms with Gasteiger partial charge in [-0.2, -0.15) is 15.0 Å². The minimum absolute atomic E-state index is 0.146. The Morgan fingerprint density at radius 2 is 2.31 bits per heavy atom. The van der Waals surface area contributed by atoms with Crippen LogP contribution in [0.15, 0.2) is 11.6 Å². The van der Waals surface area contributed by atoms with E-state index < -0.39 is 12.1 Å². The van der Waals surface area contributed by atoms with E-state index in [0.717, 1.165) is 4.68 Å². The van der Waals surface area contributed by atoms with Gasteiger partial charge in [0.2, 0.25) is 5.13 Å². The highest BCUT2D eigenvalue weighted by Gasteiger charge is 2.24. The number of thiazole rings is 1. The maximum absolute atomic E-state index is 12.5. The third-order valence-corrected chi connectivity index (χ3v) is 2.87. The van der Waals surface area contributed by atoms with E-state index in [1.165, 1.54) is 17.5 Å². The average Bonchev–Trinajstić information content (AvgIpc) is 2.84. The van der Waals surface area contributed by atoms with Gasteiger partial charge in [0.15, 0.2) is 5.15 Å².